The number of hydrogen-bond acceptors (Lipinski definition) is 6. The summed E-state index contributed by atoms with van der Waals surface area (Å²) >= 11 is 1.27. The van der Waals surface area contributed by atoms with E-state index in [9.17, 15) is 14.4 Å². The quantitative estimate of drug-likeness (QED) is 0.432. The summed E-state index contributed by atoms with van der Waals surface area (Å²) in [5, 5.41) is 4.20. The molecule has 32 heavy (non-hydrogen) atoms. The van der Waals surface area contributed by atoms with Crippen LogP contribution < -0.4 is 10.9 Å². The number of esters is 1. The molecule has 164 valence electrons. The van der Waals surface area contributed by atoms with Gasteiger partial charge in [-0.05, 0) is 50.1 Å². The predicted molar refractivity (Wildman–Crippen MR) is 126 cm³/mol. The number of amides is 1. The molecular formula is C24H23N3O4S. The first-order valence-corrected chi connectivity index (χ1v) is 11.2. The fourth-order valence-electron chi connectivity index (χ4n) is 3.78. The molecule has 1 atom stereocenters. The predicted octanol–water partition coefficient (Wildman–Crippen LogP) is 4.69. The molecule has 0 spiro atoms. The maximum Gasteiger partial charge on any atom is 0.338 e. The number of benzene rings is 2. The van der Waals surface area contributed by atoms with Gasteiger partial charge < -0.3 is 10.1 Å². The topological polar surface area (TPSA) is 90.3 Å². The van der Waals surface area contributed by atoms with Crippen LogP contribution in [0.15, 0.2) is 53.3 Å². The highest BCUT2D eigenvalue weighted by atomic mass is 32.1. The Morgan fingerprint density at radius 1 is 1.16 bits per heavy atom. The van der Waals surface area contributed by atoms with Gasteiger partial charge in [-0.25, -0.2) is 9.78 Å². The first-order valence-electron chi connectivity index (χ1n) is 10.4. The monoisotopic (exact) mass is 449 g/mol. The van der Waals surface area contributed by atoms with E-state index < -0.39 is 12.0 Å². The van der Waals surface area contributed by atoms with Crippen molar-refractivity contribution >= 4 is 49.5 Å². The average Bonchev–Trinajstić information content (AvgIpc) is 3.18. The number of thiazole rings is 1. The second-order valence-electron chi connectivity index (χ2n) is 7.39. The molecule has 1 N–H and O–H groups in total. The summed E-state index contributed by atoms with van der Waals surface area (Å²) in [6.45, 7) is 5.81. The molecule has 0 aliphatic carbocycles. The maximum atomic E-state index is 13.2. The van der Waals surface area contributed by atoms with Gasteiger partial charge >= 0.3 is 5.97 Å². The molecule has 0 saturated heterocycles. The highest BCUT2D eigenvalue weighted by Crippen LogP contribution is 2.28. The largest absolute Gasteiger partial charge is 0.462 e. The number of aryl methyl sites for hydroxylation is 1. The third kappa shape index (κ3) is 4.01. The van der Waals surface area contributed by atoms with Gasteiger partial charge in [0.25, 0.3) is 5.56 Å². The van der Waals surface area contributed by atoms with Crippen LogP contribution in [0, 0.1) is 6.92 Å². The molecular weight excluding hydrogens is 426 g/mol. The lowest BCUT2D eigenvalue weighted by atomic mass is 10.1. The van der Waals surface area contributed by atoms with Crippen LogP contribution in [0.5, 0.6) is 0 Å². The van der Waals surface area contributed by atoms with Gasteiger partial charge in [0.15, 0.2) is 5.13 Å². The number of rotatable bonds is 6. The molecule has 4 aromatic rings. The van der Waals surface area contributed by atoms with Crippen LogP contribution in [0.4, 0.5) is 5.13 Å². The average molecular weight is 450 g/mol. The number of ether oxygens (including phenoxy) is 1. The first kappa shape index (κ1) is 21.7. The molecule has 2 aromatic heterocycles. The molecule has 2 aromatic carbocycles. The van der Waals surface area contributed by atoms with E-state index in [-0.39, 0.29) is 11.5 Å². The summed E-state index contributed by atoms with van der Waals surface area (Å²) in [6.07, 6.45) is 0.441. The standard InChI is InChI=1S/C24H23N3O4S/c1-4-18(27-19-9-7-6-8-16(19)14(3)12-21(27)28)22(29)26-24-25-17-11-10-15(13-20(17)32-24)23(30)31-5-2/h6-13,18H,4-5H2,1-3H3,(H,25,26,29). The zero-order valence-electron chi connectivity index (χ0n) is 18.0. The third-order valence-electron chi connectivity index (χ3n) is 5.30. The summed E-state index contributed by atoms with van der Waals surface area (Å²) in [5.74, 6) is -0.710. The summed E-state index contributed by atoms with van der Waals surface area (Å²) in [6, 6.07) is 13.5. The second-order valence-corrected chi connectivity index (χ2v) is 8.42. The van der Waals surface area contributed by atoms with Crippen LogP contribution in [-0.4, -0.2) is 28.0 Å². The van der Waals surface area contributed by atoms with E-state index in [1.165, 1.54) is 11.3 Å². The number of aromatic nitrogens is 2. The number of anilines is 1. The minimum atomic E-state index is -0.685. The van der Waals surface area contributed by atoms with Crippen LogP contribution in [0.3, 0.4) is 0 Å². The van der Waals surface area contributed by atoms with Gasteiger partial charge in [-0.3, -0.25) is 14.2 Å². The number of fused-ring (bicyclic) bond motifs is 2. The van der Waals surface area contributed by atoms with Crippen molar-refractivity contribution in [2.75, 3.05) is 11.9 Å². The van der Waals surface area contributed by atoms with Crippen molar-refractivity contribution in [2.24, 2.45) is 0 Å². The van der Waals surface area contributed by atoms with Crippen molar-refractivity contribution in [3.63, 3.8) is 0 Å². The van der Waals surface area contributed by atoms with Gasteiger partial charge in [0.1, 0.15) is 6.04 Å². The fraction of sp³-hybridized carbons (Fsp3) is 0.250. The van der Waals surface area contributed by atoms with Crippen LogP contribution in [0.25, 0.3) is 21.1 Å². The van der Waals surface area contributed by atoms with Crippen LogP contribution in [0.2, 0.25) is 0 Å². The van der Waals surface area contributed by atoms with Gasteiger partial charge in [0.2, 0.25) is 5.91 Å². The Morgan fingerprint density at radius 2 is 1.94 bits per heavy atom. The van der Waals surface area contributed by atoms with Crippen LogP contribution in [-0.2, 0) is 9.53 Å². The minimum Gasteiger partial charge on any atom is -0.462 e. The molecule has 1 unspecified atom stereocenters. The Balaban J connectivity index is 1.66. The van der Waals surface area contributed by atoms with Crippen LogP contribution in [0.1, 0.15) is 42.2 Å². The lowest BCUT2D eigenvalue weighted by Gasteiger charge is -2.20. The van der Waals surface area contributed by atoms with Crippen LogP contribution >= 0.6 is 11.3 Å². The Hall–Kier alpha value is -3.52. The highest BCUT2D eigenvalue weighted by molar-refractivity contribution is 7.22. The lowest BCUT2D eigenvalue weighted by Crippen LogP contribution is -2.33. The molecule has 7 nitrogen and oxygen atoms in total. The Labute approximate surface area is 188 Å². The summed E-state index contributed by atoms with van der Waals surface area (Å²) < 4.78 is 7.35. The smallest absolute Gasteiger partial charge is 0.338 e. The van der Waals surface area contributed by atoms with Gasteiger partial charge in [-0.2, -0.15) is 0 Å². The second kappa shape index (κ2) is 8.92. The number of para-hydroxylation sites is 1. The molecule has 0 radical (unpaired) electrons. The maximum absolute atomic E-state index is 13.2. The third-order valence-corrected chi connectivity index (χ3v) is 6.23. The van der Waals surface area contributed by atoms with E-state index >= 15 is 0 Å². The lowest BCUT2D eigenvalue weighted by molar-refractivity contribution is -0.119. The Bertz CT molecular complexity index is 1390. The number of pyridine rings is 1. The molecule has 8 heteroatoms. The molecule has 2 heterocycles. The van der Waals surface area contributed by atoms with E-state index in [4.69, 9.17) is 4.74 Å². The van der Waals surface area contributed by atoms with Gasteiger partial charge in [0, 0.05) is 11.5 Å². The van der Waals surface area contributed by atoms with E-state index in [1.807, 2.05) is 38.1 Å². The van der Waals surface area contributed by atoms with Gasteiger partial charge in [0.05, 0.1) is 27.9 Å². The normalized spacial score (nSPS) is 12.1. The molecule has 0 aliphatic rings. The molecule has 0 bridgehead atoms. The van der Waals surface area contributed by atoms with Gasteiger partial charge in [-0.1, -0.05) is 36.5 Å². The minimum absolute atomic E-state index is 0.216. The van der Waals surface area contributed by atoms with Crippen molar-refractivity contribution in [3.8, 4) is 0 Å². The van der Waals surface area contributed by atoms with E-state index in [2.05, 4.69) is 10.3 Å². The number of hydrogen-bond donors (Lipinski definition) is 1. The zero-order valence-corrected chi connectivity index (χ0v) is 18.9. The molecule has 1 amide bonds. The molecule has 0 saturated carbocycles. The molecule has 0 aliphatic heterocycles. The van der Waals surface area contributed by atoms with Crippen molar-refractivity contribution < 1.29 is 14.3 Å². The summed E-state index contributed by atoms with van der Waals surface area (Å²) in [7, 11) is 0. The van der Waals surface area contributed by atoms with E-state index in [0.29, 0.717) is 29.2 Å². The highest BCUT2D eigenvalue weighted by Gasteiger charge is 2.23. The number of nitrogens with one attached hydrogen (secondary N) is 1. The number of nitrogens with zero attached hydrogens (tertiary/aromatic N) is 2. The Morgan fingerprint density at radius 3 is 2.69 bits per heavy atom. The zero-order chi connectivity index (χ0) is 22.8. The number of carbonyl (C=O) groups excluding carboxylic acids is 2. The molecule has 0 fully saturated rings. The van der Waals surface area contributed by atoms with E-state index in [0.717, 1.165) is 21.2 Å². The van der Waals surface area contributed by atoms with E-state index in [1.54, 1.807) is 35.8 Å². The molecule has 4 rings (SSSR count). The first-order chi connectivity index (χ1) is 15.4. The Kier molecular flexibility index (Phi) is 6.05. The van der Waals surface area contributed by atoms with Crippen molar-refractivity contribution in [1.29, 1.82) is 0 Å². The fourth-order valence-corrected chi connectivity index (χ4v) is 4.69. The van der Waals surface area contributed by atoms with Crippen molar-refractivity contribution in [1.82, 2.24) is 9.55 Å². The van der Waals surface area contributed by atoms with Crippen molar-refractivity contribution in [2.45, 2.75) is 33.2 Å². The number of carbonyl (C=O) groups is 2. The van der Waals surface area contributed by atoms with Crippen molar-refractivity contribution in [3.05, 3.63) is 70.0 Å². The van der Waals surface area contributed by atoms with Gasteiger partial charge in [-0.15, -0.1) is 0 Å². The summed E-state index contributed by atoms with van der Waals surface area (Å²) in [4.78, 5) is 42.5. The summed E-state index contributed by atoms with van der Waals surface area (Å²) in [5.41, 5.74) is 2.49. The SMILES string of the molecule is CCOC(=O)c1ccc2nc(NC(=O)C(CC)n3c(=O)cc(C)c4ccccc43)sc2c1.